The number of halogens is 2. The van der Waals surface area contributed by atoms with Crippen LogP contribution < -0.4 is 10.6 Å². The van der Waals surface area contributed by atoms with E-state index in [4.69, 9.17) is 16.1 Å². The minimum atomic E-state index is 0. The lowest BCUT2D eigenvalue weighted by atomic mass is 10.2. The zero-order valence-corrected chi connectivity index (χ0v) is 18.9. The van der Waals surface area contributed by atoms with Crippen LogP contribution >= 0.6 is 46.9 Å². The van der Waals surface area contributed by atoms with Crippen LogP contribution in [0.15, 0.2) is 51.3 Å². The van der Waals surface area contributed by atoms with Gasteiger partial charge >= 0.3 is 0 Å². The molecule has 1 unspecified atom stereocenters. The normalized spacial score (nSPS) is 12.3. The Morgan fingerprint density at radius 1 is 1.30 bits per heavy atom. The molecule has 0 saturated heterocycles. The molecule has 2 aromatic heterocycles. The highest BCUT2D eigenvalue weighted by molar-refractivity contribution is 14.0. The van der Waals surface area contributed by atoms with Gasteiger partial charge in [0.1, 0.15) is 6.54 Å². The molecule has 0 radical (unpaired) electrons. The summed E-state index contributed by atoms with van der Waals surface area (Å²) in [7, 11) is 0. The maximum absolute atomic E-state index is 5.90. The number of aliphatic imine (C=N–C) groups is 1. The number of rotatable bonds is 6. The van der Waals surface area contributed by atoms with Crippen molar-refractivity contribution in [2.45, 2.75) is 26.4 Å². The number of guanidine groups is 1. The monoisotopic (exact) mass is 517 g/mol. The van der Waals surface area contributed by atoms with Gasteiger partial charge in [-0.05, 0) is 49.6 Å². The molecule has 0 bridgehead atoms. The van der Waals surface area contributed by atoms with Crippen LogP contribution in [0.5, 0.6) is 0 Å². The SMILES string of the molecule is CCNC(=NCc1nc(-c2ccc(Cl)cc2)no1)NC(C)c1cccs1.I. The van der Waals surface area contributed by atoms with Crippen molar-refractivity contribution in [1.29, 1.82) is 0 Å². The lowest BCUT2D eigenvalue weighted by Gasteiger charge is -2.16. The first-order chi connectivity index (χ1) is 12.7. The second-order valence-electron chi connectivity index (χ2n) is 5.60. The Morgan fingerprint density at radius 3 is 2.74 bits per heavy atom. The van der Waals surface area contributed by atoms with E-state index in [1.165, 1.54) is 4.88 Å². The molecule has 2 N–H and O–H groups in total. The molecule has 0 saturated carbocycles. The van der Waals surface area contributed by atoms with Gasteiger partial charge in [0.05, 0.1) is 6.04 Å². The van der Waals surface area contributed by atoms with Crippen LogP contribution in [0.4, 0.5) is 0 Å². The van der Waals surface area contributed by atoms with E-state index in [1.807, 2.05) is 25.1 Å². The highest BCUT2D eigenvalue weighted by Crippen LogP contribution is 2.19. The molecule has 0 spiro atoms. The van der Waals surface area contributed by atoms with Crippen LogP contribution in [-0.2, 0) is 6.54 Å². The molecule has 1 aromatic carbocycles. The first-order valence-corrected chi connectivity index (χ1v) is 9.58. The Morgan fingerprint density at radius 2 is 2.07 bits per heavy atom. The van der Waals surface area contributed by atoms with Crippen molar-refractivity contribution in [3.05, 3.63) is 57.6 Å². The van der Waals surface area contributed by atoms with Gasteiger partial charge in [-0.2, -0.15) is 4.98 Å². The second-order valence-corrected chi connectivity index (χ2v) is 7.01. The average molecular weight is 518 g/mol. The first-order valence-electron chi connectivity index (χ1n) is 8.32. The largest absolute Gasteiger partial charge is 0.357 e. The number of nitrogens with one attached hydrogen (secondary N) is 2. The highest BCUT2D eigenvalue weighted by atomic mass is 127. The smallest absolute Gasteiger partial charge is 0.248 e. The number of aromatic nitrogens is 2. The standard InChI is InChI=1S/C18H20ClN5OS.HI/c1-3-20-18(22-12(2)15-5-4-10-26-15)21-11-16-23-17(24-25-16)13-6-8-14(19)9-7-13;/h4-10,12H,3,11H2,1-2H3,(H2,20,21,22);1H. The minimum absolute atomic E-state index is 0. The molecule has 0 fully saturated rings. The van der Waals surface area contributed by atoms with E-state index >= 15 is 0 Å². The fourth-order valence-electron chi connectivity index (χ4n) is 2.32. The second kappa shape index (κ2) is 10.6. The van der Waals surface area contributed by atoms with Crippen molar-refractivity contribution in [2.24, 2.45) is 4.99 Å². The molecule has 6 nitrogen and oxygen atoms in total. The maximum atomic E-state index is 5.90. The van der Waals surface area contributed by atoms with E-state index in [-0.39, 0.29) is 30.0 Å². The van der Waals surface area contributed by atoms with Crippen molar-refractivity contribution in [2.75, 3.05) is 6.54 Å². The molecule has 0 amide bonds. The van der Waals surface area contributed by atoms with Gasteiger partial charge < -0.3 is 15.2 Å². The summed E-state index contributed by atoms with van der Waals surface area (Å²) in [5.74, 6) is 1.69. The molecule has 3 rings (SSSR count). The molecule has 3 aromatic rings. The molecule has 27 heavy (non-hydrogen) atoms. The summed E-state index contributed by atoms with van der Waals surface area (Å²) in [5, 5.41) is 13.3. The van der Waals surface area contributed by atoms with Crippen molar-refractivity contribution in [3.8, 4) is 11.4 Å². The highest BCUT2D eigenvalue weighted by Gasteiger charge is 2.11. The van der Waals surface area contributed by atoms with Crippen LogP contribution in [0.3, 0.4) is 0 Å². The average Bonchev–Trinajstić information content (AvgIpc) is 3.32. The summed E-state index contributed by atoms with van der Waals surface area (Å²) in [6, 6.07) is 11.6. The van der Waals surface area contributed by atoms with Crippen LogP contribution in [0.2, 0.25) is 5.02 Å². The van der Waals surface area contributed by atoms with Gasteiger partial charge in [0.25, 0.3) is 0 Å². The summed E-state index contributed by atoms with van der Waals surface area (Å²) >= 11 is 7.61. The van der Waals surface area contributed by atoms with Crippen LogP contribution in [-0.4, -0.2) is 22.6 Å². The number of hydrogen-bond donors (Lipinski definition) is 2. The molecule has 2 heterocycles. The maximum Gasteiger partial charge on any atom is 0.248 e. The summed E-state index contributed by atoms with van der Waals surface area (Å²) in [4.78, 5) is 10.2. The van der Waals surface area contributed by atoms with Crippen molar-refractivity contribution < 1.29 is 4.52 Å². The van der Waals surface area contributed by atoms with E-state index in [2.05, 4.69) is 44.1 Å². The molecule has 1 atom stereocenters. The summed E-state index contributed by atoms with van der Waals surface area (Å²) in [6.07, 6.45) is 0. The molecule has 0 aliphatic carbocycles. The third-order valence-corrected chi connectivity index (χ3v) is 4.92. The Bertz CT molecular complexity index is 851. The molecular weight excluding hydrogens is 497 g/mol. The quantitative estimate of drug-likeness (QED) is 0.277. The lowest BCUT2D eigenvalue weighted by molar-refractivity contribution is 0.380. The zero-order valence-electron chi connectivity index (χ0n) is 15.0. The lowest BCUT2D eigenvalue weighted by Crippen LogP contribution is -2.38. The molecule has 0 aliphatic heterocycles. The predicted octanol–water partition coefficient (Wildman–Crippen LogP) is 4.89. The molecule has 0 aliphatic rings. The number of hydrogen-bond acceptors (Lipinski definition) is 5. The summed E-state index contributed by atoms with van der Waals surface area (Å²) in [5.41, 5.74) is 0.852. The van der Waals surface area contributed by atoms with Crippen LogP contribution in [0.25, 0.3) is 11.4 Å². The zero-order chi connectivity index (χ0) is 18.4. The van der Waals surface area contributed by atoms with Crippen molar-refractivity contribution >= 4 is 52.9 Å². The van der Waals surface area contributed by atoms with Gasteiger partial charge in [0.2, 0.25) is 11.7 Å². The van der Waals surface area contributed by atoms with Gasteiger partial charge in [-0.15, -0.1) is 35.3 Å². The Labute approximate surface area is 184 Å². The van der Waals surface area contributed by atoms with Crippen molar-refractivity contribution in [3.63, 3.8) is 0 Å². The van der Waals surface area contributed by atoms with E-state index in [0.717, 1.165) is 12.1 Å². The first kappa shape index (κ1) is 21.6. The Hall–Kier alpha value is -1.65. The number of benzene rings is 1. The summed E-state index contributed by atoms with van der Waals surface area (Å²) < 4.78 is 5.30. The van der Waals surface area contributed by atoms with Crippen LogP contribution in [0, 0.1) is 0 Å². The van der Waals surface area contributed by atoms with E-state index in [9.17, 15) is 0 Å². The Kier molecular flexibility index (Phi) is 8.52. The third kappa shape index (κ3) is 6.18. The van der Waals surface area contributed by atoms with Gasteiger partial charge in [-0.25, -0.2) is 4.99 Å². The van der Waals surface area contributed by atoms with E-state index in [1.54, 1.807) is 23.5 Å². The van der Waals surface area contributed by atoms with Gasteiger partial charge in [0, 0.05) is 22.0 Å². The van der Waals surface area contributed by atoms with Gasteiger partial charge in [-0.1, -0.05) is 22.8 Å². The van der Waals surface area contributed by atoms with E-state index in [0.29, 0.717) is 29.2 Å². The molecule has 144 valence electrons. The topological polar surface area (TPSA) is 75.3 Å². The molecule has 9 heteroatoms. The van der Waals surface area contributed by atoms with Gasteiger partial charge in [-0.3, -0.25) is 0 Å². The summed E-state index contributed by atoms with van der Waals surface area (Å²) in [6.45, 7) is 5.19. The minimum Gasteiger partial charge on any atom is -0.357 e. The van der Waals surface area contributed by atoms with Crippen molar-refractivity contribution in [1.82, 2.24) is 20.8 Å². The fourth-order valence-corrected chi connectivity index (χ4v) is 3.18. The van der Waals surface area contributed by atoms with Crippen LogP contribution in [0.1, 0.15) is 30.7 Å². The number of nitrogens with zero attached hydrogens (tertiary/aromatic N) is 3. The van der Waals surface area contributed by atoms with E-state index < -0.39 is 0 Å². The predicted molar refractivity (Wildman–Crippen MR) is 121 cm³/mol. The number of thiophene rings is 1. The van der Waals surface area contributed by atoms with Gasteiger partial charge in [0.15, 0.2) is 5.96 Å². The Balaban J connectivity index is 0.00000261. The third-order valence-electron chi connectivity index (χ3n) is 3.61. The molecular formula is C18H21ClIN5OS. The fraction of sp³-hybridized carbons (Fsp3) is 0.278.